The van der Waals surface area contributed by atoms with E-state index < -0.39 is 0 Å². The van der Waals surface area contributed by atoms with Crippen molar-refractivity contribution in [2.45, 2.75) is 51.1 Å². The summed E-state index contributed by atoms with van der Waals surface area (Å²) >= 11 is 0. The molecule has 3 rings (SSSR count). The molecular formula is C13H24N2. The lowest BCUT2D eigenvalue weighted by Gasteiger charge is -2.49. The molecule has 86 valence electrons. The first-order chi connectivity index (χ1) is 7.17. The molecule has 3 aliphatic rings. The first kappa shape index (κ1) is 10.1. The zero-order chi connectivity index (χ0) is 10.5. The van der Waals surface area contributed by atoms with Crippen molar-refractivity contribution in [1.29, 1.82) is 0 Å². The average Bonchev–Trinajstić information content (AvgIpc) is 2.96. The Labute approximate surface area is 93.4 Å². The van der Waals surface area contributed by atoms with Gasteiger partial charge in [0, 0.05) is 31.2 Å². The third kappa shape index (κ3) is 1.83. The summed E-state index contributed by atoms with van der Waals surface area (Å²) in [5.74, 6) is 1.95. The Balaban J connectivity index is 1.61. The molecule has 2 heteroatoms. The van der Waals surface area contributed by atoms with Gasteiger partial charge in [0.05, 0.1) is 0 Å². The fraction of sp³-hybridized carbons (Fsp3) is 1.00. The second-order valence-electron chi connectivity index (χ2n) is 6.32. The zero-order valence-electron chi connectivity index (χ0n) is 10.1. The molecule has 2 saturated carbocycles. The van der Waals surface area contributed by atoms with Gasteiger partial charge in [0.2, 0.25) is 0 Å². The van der Waals surface area contributed by atoms with Crippen LogP contribution < -0.4 is 5.32 Å². The van der Waals surface area contributed by atoms with Crippen LogP contribution in [0.1, 0.15) is 39.5 Å². The molecule has 0 bridgehead atoms. The highest BCUT2D eigenvalue weighted by Crippen LogP contribution is 2.42. The van der Waals surface area contributed by atoms with Crippen LogP contribution in [-0.2, 0) is 0 Å². The van der Waals surface area contributed by atoms with E-state index in [2.05, 4.69) is 24.1 Å². The van der Waals surface area contributed by atoms with Gasteiger partial charge in [-0.1, -0.05) is 6.92 Å². The molecule has 1 N–H and O–H groups in total. The summed E-state index contributed by atoms with van der Waals surface area (Å²) in [5, 5.41) is 3.76. The second-order valence-corrected chi connectivity index (χ2v) is 6.32. The fourth-order valence-corrected chi connectivity index (χ4v) is 3.51. The molecular weight excluding hydrogens is 184 g/mol. The third-order valence-electron chi connectivity index (χ3n) is 4.80. The van der Waals surface area contributed by atoms with Crippen molar-refractivity contribution in [2.75, 3.05) is 19.6 Å². The van der Waals surface area contributed by atoms with E-state index >= 15 is 0 Å². The van der Waals surface area contributed by atoms with Crippen molar-refractivity contribution in [2.24, 2.45) is 11.8 Å². The van der Waals surface area contributed by atoms with Crippen molar-refractivity contribution in [3.05, 3.63) is 0 Å². The standard InChI is InChI=1S/C13H24N2/c1-10-7-12(8-10)15-6-5-14-13(2,9-15)11-3-4-11/h10-12,14H,3-9H2,1-2H3. The molecule has 0 aromatic heterocycles. The van der Waals surface area contributed by atoms with Gasteiger partial charge in [0.15, 0.2) is 0 Å². The third-order valence-corrected chi connectivity index (χ3v) is 4.80. The minimum atomic E-state index is 0.442. The van der Waals surface area contributed by atoms with Gasteiger partial charge in [0.1, 0.15) is 0 Å². The monoisotopic (exact) mass is 208 g/mol. The van der Waals surface area contributed by atoms with E-state index in [0.29, 0.717) is 5.54 Å². The Morgan fingerprint density at radius 3 is 2.60 bits per heavy atom. The van der Waals surface area contributed by atoms with Crippen molar-refractivity contribution >= 4 is 0 Å². The largest absolute Gasteiger partial charge is 0.309 e. The summed E-state index contributed by atoms with van der Waals surface area (Å²) in [7, 11) is 0. The molecule has 0 radical (unpaired) electrons. The molecule has 0 spiro atoms. The molecule has 1 saturated heterocycles. The molecule has 0 aromatic rings. The van der Waals surface area contributed by atoms with E-state index in [-0.39, 0.29) is 0 Å². The topological polar surface area (TPSA) is 15.3 Å². The van der Waals surface area contributed by atoms with Crippen LogP contribution >= 0.6 is 0 Å². The Morgan fingerprint density at radius 1 is 1.27 bits per heavy atom. The molecule has 2 aliphatic carbocycles. The summed E-state index contributed by atoms with van der Waals surface area (Å²) in [6.07, 6.45) is 5.80. The van der Waals surface area contributed by atoms with Crippen molar-refractivity contribution < 1.29 is 0 Å². The van der Waals surface area contributed by atoms with Gasteiger partial charge in [-0.2, -0.15) is 0 Å². The normalized spacial score (nSPS) is 47.6. The Morgan fingerprint density at radius 2 is 2.00 bits per heavy atom. The molecule has 2 nitrogen and oxygen atoms in total. The molecule has 0 amide bonds. The van der Waals surface area contributed by atoms with Gasteiger partial charge in [0.25, 0.3) is 0 Å². The lowest BCUT2D eigenvalue weighted by molar-refractivity contribution is 0.0304. The van der Waals surface area contributed by atoms with Crippen molar-refractivity contribution in [3.8, 4) is 0 Å². The van der Waals surface area contributed by atoms with Crippen LogP contribution in [-0.4, -0.2) is 36.1 Å². The molecule has 15 heavy (non-hydrogen) atoms. The average molecular weight is 208 g/mol. The summed E-state index contributed by atoms with van der Waals surface area (Å²) in [4.78, 5) is 2.76. The smallest absolute Gasteiger partial charge is 0.0309 e. The summed E-state index contributed by atoms with van der Waals surface area (Å²) in [5.41, 5.74) is 0.442. The highest BCUT2D eigenvalue weighted by molar-refractivity contribution is 5.03. The van der Waals surface area contributed by atoms with Crippen LogP contribution in [0.2, 0.25) is 0 Å². The van der Waals surface area contributed by atoms with Crippen LogP contribution in [0.3, 0.4) is 0 Å². The quantitative estimate of drug-likeness (QED) is 0.745. The summed E-state index contributed by atoms with van der Waals surface area (Å²) < 4.78 is 0. The van der Waals surface area contributed by atoms with E-state index in [4.69, 9.17) is 0 Å². The maximum Gasteiger partial charge on any atom is 0.0309 e. The van der Waals surface area contributed by atoms with E-state index in [1.807, 2.05) is 0 Å². The van der Waals surface area contributed by atoms with E-state index in [9.17, 15) is 0 Å². The van der Waals surface area contributed by atoms with Crippen LogP contribution in [0.5, 0.6) is 0 Å². The van der Waals surface area contributed by atoms with Gasteiger partial charge >= 0.3 is 0 Å². The van der Waals surface area contributed by atoms with Gasteiger partial charge in [-0.25, -0.2) is 0 Å². The summed E-state index contributed by atoms with van der Waals surface area (Å²) in [6.45, 7) is 8.62. The molecule has 0 aromatic carbocycles. The zero-order valence-corrected chi connectivity index (χ0v) is 10.1. The van der Waals surface area contributed by atoms with Crippen LogP contribution in [0.15, 0.2) is 0 Å². The maximum absolute atomic E-state index is 3.76. The lowest BCUT2D eigenvalue weighted by atomic mass is 9.79. The number of hydrogen-bond acceptors (Lipinski definition) is 2. The Bertz CT molecular complexity index is 243. The molecule has 1 unspecified atom stereocenters. The predicted octanol–water partition coefficient (Wildman–Crippen LogP) is 1.86. The Kier molecular flexibility index (Phi) is 2.33. The van der Waals surface area contributed by atoms with Crippen molar-refractivity contribution in [1.82, 2.24) is 10.2 Å². The number of nitrogens with one attached hydrogen (secondary N) is 1. The number of hydrogen-bond donors (Lipinski definition) is 1. The van der Waals surface area contributed by atoms with Crippen LogP contribution in [0.4, 0.5) is 0 Å². The van der Waals surface area contributed by atoms with Crippen molar-refractivity contribution in [3.63, 3.8) is 0 Å². The number of rotatable bonds is 2. The molecule has 1 atom stereocenters. The highest BCUT2D eigenvalue weighted by atomic mass is 15.3. The van der Waals surface area contributed by atoms with Gasteiger partial charge in [-0.3, -0.25) is 4.90 Å². The van der Waals surface area contributed by atoms with Gasteiger partial charge in [-0.05, 0) is 44.4 Å². The maximum atomic E-state index is 3.76. The predicted molar refractivity (Wildman–Crippen MR) is 62.9 cm³/mol. The van der Waals surface area contributed by atoms with E-state index in [1.54, 1.807) is 0 Å². The molecule has 1 heterocycles. The van der Waals surface area contributed by atoms with Gasteiger partial charge < -0.3 is 5.32 Å². The molecule has 1 aliphatic heterocycles. The first-order valence-electron chi connectivity index (χ1n) is 6.66. The Hall–Kier alpha value is -0.0800. The molecule has 3 fully saturated rings. The van der Waals surface area contributed by atoms with E-state index in [1.165, 1.54) is 45.3 Å². The lowest BCUT2D eigenvalue weighted by Crippen LogP contribution is -2.63. The van der Waals surface area contributed by atoms with E-state index in [0.717, 1.165) is 17.9 Å². The SMILES string of the molecule is CC1CC(N2CCNC(C)(C3CC3)C2)C1. The van der Waals surface area contributed by atoms with Crippen LogP contribution in [0.25, 0.3) is 0 Å². The fourth-order valence-electron chi connectivity index (χ4n) is 3.51. The highest BCUT2D eigenvalue weighted by Gasteiger charge is 2.45. The first-order valence-corrected chi connectivity index (χ1v) is 6.66. The number of piperazine rings is 1. The summed E-state index contributed by atoms with van der Waals surface area (Å²) in [6, 6.07) is 0.917. The second kappa shape index (κ2) is 3.46. The minimum absolute atomic E-state index is 0.442. The minimum Gasteiger partial charge on any atom is -0.309 e. The number of nitrogens with zero attached hydrogens (tertiary/aromatic N) is 1. The van der Waals surface area contributed by atoms with Crippen LogP contribution in [0, 0.1) is 11.8 Å². The van der Waals surface area contributed by atoms with Gasteiger partial charge in [-0.15, -0.1) is 0 Å².